The highest BCUT2D eigenvalue weighted by atomic mass is 19.1. The number of carbonyl (C=O) groups excluding carboxylic acids is 3. The number of anilines is 1. The van der Waals surface area contributed by atoms with Gasteiger partial charge in [-0.15, -0.1) is 0 Å². The molecular weight excluding hydrogens is 433 g/mol. The second kappa shape index (κ2) is 7.73. The fourth-order valence-electron chi connectivity index (χ4n) is 5.50. The molecule has 33 heavy (non-hydrogen) atoms. The highest BCUT2D eigenvalue weighted by Crippen LogP contribution is 2.49. The Bertz CT molecular complexity index is 1180. The van der Waals surface area contributed by atoms with Gasteiger partial charge in [0.05, 0.1) is 41.7 Å². The Morgan fingerprint density at radius 2 is 1.82 bits per heavy atom. The van der Waals surface area contributed by atoms with E-state index in [2.05, 4.69) is 0 Å². The van der Waals surface area contributed by atoms with Crippen LogP contribution in [0.4, 0.5) is 15.8 Å². The summed E-state index contributed by atoms with van der Waals surface area (Å²) >= 11 is 0. The maximum Gasteiger partial charge on any atom is 0.273 e. The Hall–Kier alpha value is -3.66. The summed E-state index contributed by atoms with van der Waals surface area (Å²) in [5.41, 5.74) is 0.158. The molecule has 0 bridgehead atoms. The molecule has 9 nitrogen and oxygen atoms in total. The van der Waals surface area contributed by atoms with Crippen LogP contribution in [0.15, 0.2) is 42.5 Å². The summed E-state index contributed by atoms with van der Waals surface area (Å²) in [5.74, 6) is -3.34. The topological polar surface area (TPSA) is 110 Å². The minimum Gasteiger partial charge on any atom is -0.494 e. The first-order valence-corrected chi connectivity index (χ1v) is 10.6. The van der Waals surface area contributed by atoms with Crippen LogP contribution in [0.1, 0.15) is 23.2 Å². The summed E-state index contributed by atoms with van der Waals surface area (Å²) in [5, 5.41) is 11.1. The fraction of sp³-hybridized carbons (Fsp3) is 0.348. The SMILES string of the molecule is COc1cc([N+](=O)[O-])ccc1N1C(=O)[C@@H]2[C@H](C1=O)[C@H](C(=O)c1ccc(F)cc1)N1CCC[C@@H]21. The third kappa shape index (κ3) is 3.12. The van der Waals surface area contributed by atoms with Crippen molar-refractivity contribution in [2.24, 2.45) is 11.8 Å². The van der Waals surface area contributed by atoms with Gasteiger partial charge in [0.2, 0.25) is 11.8 Å². The van der Waals surface area contributed by atoms with Crippen molar-refractivity contribution in [1.29, 1.82) is 0 Å². The number of methoxy groups -OCH3 is 1. The lowest BCUT2D eigenvalue weighted by atomic mass is 9.85. The minimum atomic E-state index is -0.889. The predicted octanol–water partition coefficient (Wildman–Crippen LogP) is 2.58. The molecule has 3 fully saturated rings. The van der Waals surface area contributed by atoms with Gasteiger partial charge in [-0.05, 0) is 49.7 Å². The van der Waals surface area contributed by atoms with Gasteiger partial charge in [-0.3, -0.25) is 29.4 Å². The standard InChI is InChI=1S/C23H20FN3O6/c1-33-17-11-14(27(31)32)8-9-15(17)26-22(29)18-16-3-2-10-25(16)20(19(18)23(26)30)21(28)12-4-6-13(24)7-5-12/h4-9,11,16,18-20H,2-3,10H2,1H3/t16-,18-,19-,20+/m0/s1. The Labute approximate surface area is 187 Å². The lowest BCUT2D eigenvalue weighted by molar-refractivity contribution is -0.384. The number of hydrogen-bond donors (Lipinski definition) is 0. The van der Waals surface area contributed by atoms with E-state index < -0.39 is 40.4 Å². The molecule has 0 aliphatic carbocycles. The van der Waals surface area contributed by atoms with E-state index in [-0.39, 0.29) is 34.5 Å². The van der Waals surface area contributed by atoms with Crippen LogP contribution >= 0.6 is 0 Å². The molecule has 5 rings (SSSR count). The number of non-ortho nitro benzene ring substituents is 1. The van der Waals surface area contributed by atoms with Gasteiger partial charge in [0, 0.05) is 17.7 Å². The summed E-state index contributed by atoms with van der Waals surface area (Å²) in [4.78, 5) is 54.0. The van der Waals surface area contributed by atoms with Crippen LogP contribution < -0.4 is 9.64 Å². The molecule has 0 saturated carbocycles. The van der Waals surface area contributed by atoms with E-state index >= 15 is 0 Å². The van der Waals surface area contributed by atoms with Crippen molar-refractivity contribution in [2.45, 2.75) is 24.9 Å². The average Bonchev–Trinajstić information content (AvgIpc) is 3.45. The Balaban J connectivity index is 1.55. The number of benzene rings is 2. The number of nitrogens with zero attached hydrogens (tertiary/aromatic N) is 3. The van der Waals surface area contributed by atoms with Gasteiger partial charge >= 0.3 is 0 Å². The number of amides is 2. The number of nitro benzene ring substituents is 1. The van der Waals surface area contributed by atoms with E-state index in [9.17, 15) is 28.9 Å². The Kier molecular flexibility index (Phi) is 4.97. The molecule has 0 spiro atoms. The first-order chi connectivity index (χ1) is 15.8. The van der Waals surface area contributed by atoms with Gasteiger partial charge in [0.15, 0.2) is 5.78 Å². The van der Waals surface area contributed by atoms with Crippen molar-refractivity contribution in [1.82, 2.24) is 4.90 Å². The summed E-state index contributed by atoms with van der Waals surface area (Å²) < 4.78 is 18.6. The molecule has 2 aromatic rings. The maximum atomic E-state index is 13.6. The van der Waals surface area contributed by atoms with Gasteiger partial charge in [-0.25, -0.2) is 9.29 Å². The molecule has 3 aliphatic heterocycles. The molecule has 3 heterocycles. The summed E-state index contributed by atoms with van der Waals surface area (Å²) in [6, 6.07) is 7.74. The monoisotopic (exact) mass is 453 g/mol. The molecule has 170 valence electrons. The number of hydrogen-bond acceptors (Lipinski definition) is 7. The van der Waals surface area contributed by atoms with E-state index in [1.165, 1.54) is 43.5 Å². The van der Waals surface area contributed by atoms with E-state index in [1.54, 1.807) is 0 Å². The van der Waals surface area contributed by atoms with E-state index in [0.717, 1.165) is 17.4 Å². The van der Waals surface area contributed by atoms with Gasteiger partial charge in [0.25, 0.3) is 5.69 Å². The number of nitro groups is 1. The number of ether oxygens (including phenoxy) is 1. The number of Topliss-reactive ketones (excluding diaryl/α,β-unsaturated/α-hetero) is 1. The molecule has 0 aromatic heterocycles. The van der Waals surface area contributed by atoms with Crippen molar-refractivity contribution >= 4 is 29.0 Å². The molecule has 4 atom stereocenters. The van der Waals surface area contributed by atoms with Crippen molar-refractivity contribution in [3.63, 3.8) is 0 Å². The van der Waals surface area contributed by atoms with Gasteiger partial charge in [-0.2, -0.15) is 0 Å². The highest BCUT2D eigenvalue weighted by molar-refractivity contribution is 6.25. The van der Waals surface area contributed by atoms with E-state index in [4.69, 9.17) is 4.74 Å². The zero-order valence-corrected chi connectivity index (χ0v) is 17.6. The number of ketones is 1. The maximum absolute atomic E-state index is 13.6. The number of halogens is 1. The second-order valence-electron chi connectivity index (χ2n) is 8.44. The van der Waals surface area contributed by atoms with Crippen molar-refractivity contribution in [3.8, 4) is 5.75 Å². The van der Waals surface area contributed by atoms with Crippen LogP contribution in [-0.2, 0) is 9.59 Å². The van der Waals surface area contributed by atoms with E-state index in [1.807, 2.05) is 4.90 Å². The predicted molar refractivity (Wildman–Crippen MR) is 113 cm³/mol. The summed E-state index contributed by atoms with van der Waals surface area (Å²) in [7, 11) is 1.30. The number of rotatable bonds is 5. The minimum absolute atomic E-state index is 0.0237. The highest BCUT2D eigenvalue weighted by Gasteiger charge is 2.65. The summed E-state index contributed by atoms with van der Waals surface area (Å²) in [6.07, 6.45) is 1.47. The van der Waals surface area contributed by atoms with Gasteiger partial charge < -0.3 is 4.74 Å². The Morgan fingerprint density at radius 3 is 2.48 bits per heavy atom. The molecule has 2 amide bonds. The third-order valence-corrected chi connectivity index (χ3v) is 6.86. The number of fused-ring (bicyclic) bond motifs is 3. The zero-order valence-electron chi connectivity index (χ0n) is 17.6. The van der Waals surface area contributed by atoms with Gasteiger partial charge in [0.1, 0.15) is 11.6 Å². The largest absolute Gasteiger partial charge is 0.494 e. The molecule has 0 unspecified atom stereocenters. The lowest BCUT2D eigenvalue weighted by Crippen LogP contribution is -2.46. The molecule has 2 aromatic carbocycles. The molecule has 3 saturated heterocycles. The third-order valence-electron chi connectivity index (χ3n) is 6.86. The molecule has 0 radical (unpaired) electrons. The second-order valence-corrected chi connectivity index (χ2v) is 8.44. The van der Waals surface area contributed by atoms with Crippen LogP contribution in [0.25, 0.3) is 0 Å². The van der Waals surface area contributed by atoms with Crippen molar-refractivity contribution in [2.75, 3.05) is 18.6 Å². The first-order valence-electron chi connectivity index (χ1n) is 10.6. The quantitative estimate of drug-likeness (QED) is 0.296. The average molecular weight is 453 g/mol. The molecule has 10 heteroatoms. The smallest absolute Gasteiger partial charge is 0.273 e. The van der Waals surface area contributed by atoms with Crippen LogP contribution in [0.5, 0.6) is 5.75 Å². The van der Waals surface area contributed by atoms with Crippen LogP contribution in [0, 0.1) is 27.8 Å². The first kappa shape index (κ1) is 21.2. The lowest BCUT2D eigenvalue weighted by Gasteiger charge is -2.28. The summed E-state index contributed by atoms with van der Waals surface area (Å²) in [6.45, 7) is 0.594. The number of imide groups is 1. The molecular formula is C23H20FN3O6. The fourth-order valence-corrected chi connectivity index (χ4v) is 5.50. The van der Waals surface area contributed by atoms with E-state index in [0.29, 0.717) is 13.0 Å². The van der Waals surface area contributed by atoms with Gasteiger partial charge in [-0.1, -0.05) is 0 Å². The van der Waals surface area contributed by atoms with Crippen LogP contribution in [0.2, 0.25) is 0 Å². The zero-order chi connectivity index (χ0) is 23.4. The van der Waals surface area contributed by atoms with Crippen LogP contribution in [0.3, 0.4) is 0 Å². The number of carbonyl (C=O) groups is 3. The van der Waals surface area contributed by atoms with Crippen LogP contribution in [-0.4, -0.2) is 53.2 Å². The normalized spacial score (nSPS) is 26.4. The Morgan fingerprint density at radius 1 is 1.12 bits per heavy atom. The van der Waals surface area contributed by atoms with Crippen molar-refractivity contribution in [3.05, 3.63) is 64.0 Å². The van der Waals surface area contributed by atoms with Crippen molar-refractivity contribution < 1.29 is 28.4 Å². The molecule has 0 N–H and O–H groups in total. The molecule has 3 aliphatic rings.